The number of hydrogen-bond acceptors (Lipinski definition) is 3. The Labute approximate surface area is 112 Å². The minimum absolute atomic E-state index is 0.00780. The molecule has 1 heterocycles. The van der Waals surface area contributed by atoms with Crippen LogP contribution in [0.3, 0.4) is 0 Å². The fourth-order valence-electron chi connectivity index (χ4n) is 2.53. The first-order chi connectivity index (χ1) is 8.97. The average molecular weight is 269 g/mol. The van der Waals surface area contributed by atoms with Gasteiger partial charge in [-0.25, -0.2) is 8.78 Å². The molecule has 1 aliphatic rings. The summed E-state index contributed by atoms with van der Waals surface area (Å²) < 4.78 is 26.0. The van der Waals surface area contributed by atoms with E-state index in [9.17, 15) is 8.78 Å². The van der Waals surface area contributed by atoms with E-state index >= 15 is 0 Å². The SMILES string of the molecule is CC1CC(Nc2ccc(N)cc2C(F)F)CCN1C. The highest BCUT2D eigenvalue weighted by Crippen LogP contribution is 2.30. The fourth-order valence-corrected chi connectivity index (χ4v) is 2.53. The summed E-state index contributed by atoms with van der Waals surface area (Å²) in [6, 6.07) is 5.37. The van der Waals surface area contributed by atoms with Gasteiger partial charge in [-0.3, -0.25) is 0 Å². The lowest BCUT2D eigenvalue weighted by Crippen LogP contribution is -2.42. The average Bonchev–Trinajstić information content (AvgIpc) is 2.36. The van der Waals surface area contributed by atoms with Gasteiger partial charge in [-0.1, -0.05) is 0 Å². The van der Waals surface area contributed by atoms with Crippen LogP contribution >= 0.6 is 0 Å². The Bertz CT molecular complexity index is 437. The predicted octanol–water partition coefficient (Wildman–Crippen LogP) is 3.10. The first-order valence-electron chi connectivity index (χ1n) is 6.61. The number of halogens is 2. The molecule has 1 aliphatic heterocycles. The van der Waals surface area contributed by atoms with Crippen LogP contribution in [0.25, 0.3) is 0 Å². The van der Waals surface area contributed by atoms with Crippen LogP contribution in [0.4, 0.5) is 20.2 Å². The largest absolute Gasteiger partial charge is 0.399 e. The van der Waals surface area contributed by atoms with Crippen LogP contribution in [0, 0.1) is 0 Å². The molecule has 1 aromatic carbocycles. The summed E-state index contributed by atoms with van der Waals surface area (Å²) in [5.74, 6) is 0. The Hall–Kier alpha value is -1.36. The molecule has 0 amide bonds. The first kappa shape index (κ1) is 14.1. The zero-order valence-corrected chi connectivity index (χ0v) is 11.4. The van der Waals surface area contributed by atoms with Crippen LogP contribution in [-0.4, -0.2) is 30.6 Å². The van der Waals surface area contributed by atoms with E-state index in [0.29, 0.717) is 17.4 Å². The van der Waals surface area contributed by atoms with Gasteiger partial charge in [0.25, 0.3) is 6.43 Å². The smallest absolute Gasteiger partial charge is 0.265 e. The molecule has 0 aromatic heterocycles. The van der Waals surface area contributed by atoms with Crippen molar-refractivity contribution in [2.24, 2.45) is 0 Å². The van der Waals surface area contributed by atoms with E-state index in [0.717, 1.165) is 19.4 Å². The highest BCUT2D eigenvalue weighted by Gasteiger charge is 2.24. The lowest BCUT2D eigenvalue weighted by Gasteiger charge is -2.36. The summed E-state index contributed by atoms with van der Waals surface area (Å²) in [7, 11) is 2.09. The topological polar surface area (TPSA) is 41.3 Å². The second-order valence-electron chi connectivity index (χ2n) is 5.34. The Balaban J connectivity index is 2.11. The van der Waals surface area contributed by atoms with Gasteiger partial charge in [-0.15, -0.1) is 0 Å². The zero-order valence-electron chi connectivity index (χ0n) is 11.4. The number of nitrogens with two attached hydrogens (primary N) is 1. The molecular weight excluding hydrogens is 248 g/mol. The van der Waals surface area contributed by atoms with Crippen molar-refractivity contribution in [3.8, 4) is 0 Å². The number of hydrogen-bond donors (Lipinski definition) is 2. The maximum Gasteiger partial charge on any atom is 0.265 e. The van der Waals surface area contributed by atoms with Gasteiger partial charge >= 0.3 is 0 Å². The van der Waals surface area contributed by atoms with Crippen LogP contribution in [0.5, 0.6) is 0 Å². The van der Waals surface area contributed by atoms with E-state index < -0.39 is 6.43 Å². The number of nitrogens with zero attached hydrogens (tertiary/aromatic N) is 1. The number of piperidine rings is 1. The Morgan fingerprint density at radius 2 is 2.16 bits per heavy atom. The van der Waals surface area contributed by atoms with Crippen LogP contribution in [0.15, 0.2) is 18.2 Å². The normalized spacial score (nSPS) is 24.7. The molecule has 19 heavy (non-hydrogen) atoms. The second-order valence-corrected chi connectivity index (χ2v) is 5.34. The molecule has 0 aliphatic carbocycles. The third kappa shape index (κ3) is 3.35. The number of likely N-dealkylation sites (tertiary alicyclic amines) is 1. The lowest BCUT2D eigenvalue weighted by molar-refractivity contribution is 0.152. The second kappa shape index (κ2) is 5.74. The van der Waals surface area contributed by atoms with Crippen molar-refractivity contribution in [2.45, 2.75) is 38.3 Å². The molecule has 106 valence electrons. The standard InChI is InChI=1S/C14H21F2N3/c1-9-7-11(5-6-19(9)2)18-13-4-3-10(17)8-12(13)14(15)16/h3-4,8-9,11,14,18H,5-7,17H2,1-2H3. The molecule has 2 atom stereocenters. The molecule has 1 saturated heterocycles. The summed E-state index contributed by atoms with van der Waals surface area (Å²) in [5.41, 5.74) is 6.44. The van der Waals surface area contributed by atoms with E-state index in [4.69, 9.17) is 5.73 Å². The van der Waals surface area contributed by atoms with Crippen LogP contribution in [-0.2, 0) is 0 Å². The molecule has 1 fully saturated rings. The Kier molecular flexibility index (Phi) is 4.24. The van der Waals surface area contributed by atoms with Crippen LogP contribution in [0.2, 0.25) is 0 Å². The Morgan fingerprint density at radius 1 is 1.42 bits per heavy atom. The van der Waals surface area contributed by atoms with E-state index in [1.54, 1.807) is 12.1 Å². The quantitative estimate of drug-likeness (QED) is 0.828. The highest BCUT2D eigenvalue weighted by molar-refractivity contribution is 5.59. The van der Waals surface area contributed by atoms with Crippen LogP contribution < -0.4 is 11.1 Å². The maximum atomic E-state index is 13.0. The van der Waals surface area contributed by atoms with Crippen molar-refractivity contribution in [3.05, 3.63) is 23.8 Å². The van der Waals surface area contributed by atoms with Crippen molar-refractivity contribution < 1.29 is 8.78 Å². The fraction of sp³-hybridized carbons (Fsp3) is 0.571. The van der Waals surface area contributed by atoms with Crippen molar-refractivity contribution in [2.75, 3.05) is 24.6 Å². The summed E-state index contributed by atoms with van der Waals surface area (Å²) in [6.45, 7) is 3.14. The monoisotopic (exact) mass is 269 g/mol. The minimum Gasteiger partial charge on any atom is -0.399 e. The number of nitrogen functional groups attached to an aromatic ring is 1. The molecule has 1 aromatic rings. The number of anilines is 2. The summed E-state index contributed by atoms with van der Waals surface area (Å²) in [6.07, 6.45) is -0.577. The van der Waals surface area contributed by atoms with Crippen LogP contribution in [0.1, 0.15) is 31.8 Å². The van der Waals surface area contributed by atoms with Gasteiger partial charge in [-0.2, -0.15) is 0 Å². The van der Waals surface area contributed by atoms with Gasteiger partial charge in [0.1, 0.15) is 0 Å². The molecule has 0 radical (unpaired) electrons. The van der Waals surface area contributed by atoms with Crippen molar-refractivity contribution in [1.29, 1.82) is 0 Å². The van der Waals surface area contributed by atoms with Crippen molar-refractivity contribution in [1.82, 2.24) is 4.90 Å². The van der Waals surface area contributed by atoms with Gasteiger partial charge < -0.3 is 16.0 Å². The van der Waals surface area contributed by atoms with E-state index in [-0.39, 0.29) is 11.6 Å². The van der Waals surface area contributed by atoms with E-state index in [1.165, 1.54) is 6.07 Å². The van der Waals surface area contributed by atoms with Gasteiger partial charge in [0.05, 0.1) is 0 Å². The van der Waals surface area contributed by atoms with Crippen molar-refractivity contribution >= 4 is 11.4 Å². The van der Waals surface area contributed by atoms with Gasteiger partial charge in [0.15, 0.2) is 0 Å². The van der Waals surface area contributed by atoms with Crippen molar-refractivity contribution in [3.63, 3.8) is 0 Å². The Morgan fingerprint density at radius 3 is 2.79 bits per heavy atom. The summed E-state index contributed by atoms with van der Waals surface area (Å²) in [4.78, 5) is 2.29. The number of rotatable bonds is 3. The third-order valence-corrected chi connectivity index (χ3v) is 3.88. The van der Waals surface area contributed by atoms with Gasteiger partial charge in [0.2, 0.25) is 0 Å². The molecule has 0 saturated carbocycles. The predicted molar refractivity (Wildman–Crippen MR) is 74.5 cm³/mol. The van der Waals surface area contributed by atoms with Gasteiger partial charge in [-0.05, 0) is 45.0 Å². The zero-order chi connectivity index (χ0) is 14.0. The summed E-state index contributed by atoms with van der Waals surface area (Å²) >= 11 is 0. The molecular formula is C14H21F2N3. The van der Waals surface area contributed by atoms with E-state index in [2.05, 4.69) is 24.2 Å². The maximum absolute atomic E-state index is 13.0. The molecule has 2 rings (SSSR count). The molecule has 5 heteroatoms. The van der Waals surface area contributed by atoms with E-state index in [1.807, 2.05) is 0 Å². The molecule has 3 nitrogen and oxygen atoms in total. The number of nitrogens with one attached hydrogen (secondary N) is 1. The molecule has 0 spiro atoms. The summed E-state index contributed by atoms with van der Waals surface area (Å²) in [5, 5.41) is 3.25. The molecule has 3 N–H and O–H groups in total. The first-order valence-corrected chi connectivity index (χ1v) is 6.61. The number of alkyl halides is 2. The minimum atomic E-state index is -2.50. The van der Waals surface area contributed by atoms with Gasteiger partial charge in [0, 0.05) is 35.6 Å². The molecule has 2 unspecified atom stereocenters. The lowest BCUT2D eigenvalue weighted by atomic mass is 9.98. The highest BCUT2D eigenvalue weighted by atomic mass is 19.3. The molecule has 0 bridgehead atoms. The third-order valence-electron chi connectivity index (χ3n) is 3.88. The number of benzene rings is 1.